The van der Waals surface area contributed by atoms with E-state index in [1.54, 1.807) is 16.7 Å². The van der Waals surface area contributed by atoms with E-state index < -0.39 is 0 Å². The number of benzene rings is 2. The predicted octanol–water partition coefficient (Wildman–Crippen LogP) is 10.5. The maximum absolute atomic E-state index is 3.91. The molecular weight excluding hydrogens is 432 g/mol. The number of fused-ring (bicyclic) bond motifs is 1. The molecule has 0 heteroatoms. The first-order valence-electron chi connectivity index (χ1n) is 15.2. The average molecular weight is 481 g/mol. The molecule has 0 nitrogen and oxygen atoms in total. The van der Waals surface area contributed by atoms with Gasteiger partial charge in [0.15, 0.2) is 0 Å². The summed E-state index contributed by atoms with van der Waals surface area (Å²) >= 11 is 0. The van der Waals surface area contributed by atoms with Crippen molar-refractivity contribution in [1.82, 2.24) is 0 Å². The first-order valence-corrected chi connectivity index (χ1v) is 15.2. The molecule has 0 heterocycles. The van der Waals surface area contributed by atoms with Crippen molar-refractivity contribution in [2.45, 2.75) is 102 Å². The van der Waals surface area contributed by atoms with Crippen molar-refractivity contribution in [3.8, 4) is 11.1 Å². The van der Waals surface area contributed by atoms with E-state index in [-0.39, 0.29) is 0 Å². The minimum Gasteiger partial charge on any atom is -0.103 e. The molecule has 0 aromatic heterocycles. The number of hydrogen-bond acceptors (Lipinski definition) is 0. The van der Waals surface area contributed by atoms with Gasteiger partial charge in [0.1, 0.15) is 0 Å². The summed E-state index contributed by atoms with van der Waals surface area (Å²) < 4.78 is 0. The molecule has 0 amide bonds. The Labute approximate surface area is 221 Å². The van der Waals surface area contributed by atoms with Crippen LogP contribution in [0.3, 0.4) is 0 Å². The first kappa shape index (κ1) is 25.6. The van der Waals surface area contributed by atoms with Crippen molar-refractivity contribution in [1.29, 1.82) is 0 Å². The number of hydrogen-bond donors (Lipinski definition) is 0. The summed E-state index contributed by atoms with van der Waals surface area (Å²) in [7, 11) is 0. The summed E-state index contributed by atoms with van der Waals surface area (Å²) in [5.41, 5.74) is 7.61. The Morgan fingerprint density at radius 1 is 0.611 bits per heavy atom. The van der Waals surface area contributed by atoms with Crippen molar-refractivity contribution in [3.05, 3.63) is 84.5 Å². The predicted molar refractivity (Wildman–Crippen MR) is 156 cm³/mol. The fourth-order valence-electron chi connectivity index (χ4n) is 7.75. The van der Waals surface area contributed by atoms with Gasteiger partial charge in [-0.05, 0) is 141 Å². The van der Waals surface area contributed by atoms with Crippen LogP contribution in [0.5, 0.6) is 0 Å². The van der Waals surface area contributed by atoms with Crippen LogP contribution < -0.4 is 0 Å². The van der Waals surface area contributed by atoms with Gasteiger partial charge in [-0.3, -0.25) is 0 Å². The van der Waals surface area contributed by atoms with E-state index in [4.69, 9.17) is 0 Å². The fourth-order valence-corrected chi connectivity index (χ4v) is 7.75. The molecular formula is C36H48. The molecule has 3 aliphatic carbocycles. The smallest absolute Gasteiger partial charge is 0.0162 e. The van der Waals surface area contributed by atoms with Crippen molar-refractivity contribution < 1.29 is 0 Å². The molecule has 0 N–H and O–H groups in total. The minimum atomic E-state index is 0.761. The fraction of sp³-hybridized carbons (Fsp3) is 0.556. The van der Waals surface area contributed by atoms with Gasteiger partial charge in [-0.25, -0.2) is 0 Å². The maximum Gasteiger partial charge on any atom is -0.0162 e. The Kier molecular flexibility index (Phi) is 8.84. The number of aryl methyl sites for hydroxylation is 1. The van der Waals surface area contributed by atoms with Crippen molar-refractivity contribution >= 4 is 0 Å². The van der Waals surface area contributed by atoms with Crippen LogP contribution in [0, 0.1) is 23.7 Å². The zero-order valence-electron chi connectivity index (χ0n) is 22.6. The lowest BCUT2D eigenvalue weighted by molar-refractivity contribution is 0.185. The van der Waals surface area contributed by atoms with Gasteiger partial charge in [-0.15, -0.1) is 13.2 Å². The van der Waals surface area contributed by atoms with E-state index in [1.807, 2.05) is 0 Å². The third-order valence-electron chi connectivity index (χ3n) is 10.2. The first-order chi connectivity index (χ1) is 17.7. The Balaban J connectivity index is 1.16. The van der Waals surface area contributed by atoms with E-state index in [0.29, 0.717) is 0 Å². The topological polar surface area (TPSA) is 0 Å². The summed E-state index contributed by atoms with van der Waals surface area (Å²) in [4.78, 5) is 0. The van der Waals surface area contributed by atoms with Gasteiger partial charge in [-0.1, -0.05) is 67.5 Å². The molecule has 0 radical (unpaired) electrons. The van der Waals surface area contributed by atoms with Gasteiger partial charge < -0.3 is 0 Å². The highest BCUT2D eigenvalue weighted by molar-refractivity contribution is 5.65. The Morgan fingerprint density at radius 3 is 1.86 bits per heavy atom. The molecule has 0 aliphatic heterocycles. The van der Waals surface area contributed by atoms with E-state index in [2.05, 4.69) is 67.8 Å². The maximum atomic E-state index is 3.91. The molecule has 2 saturated carbocycles. The number of allylic oxidation sites excluding steroid dienone is 2. The highest BCUT2D eigenvalue weighted by Gasteiger charge is 2.30. The van der Waals surface area contributed by atoms with Crippen LogP contribution in [0.25, 0.3) is 11.1 Å². The normalized spacial score (nSPS) is 28.3. The van der Waals surface area contributed by atoms with E-state index in [9.17, 15) is 0 Å². The van der Waals surface area contributed by atoms with Gasteiger partial charge >= 0.3 is 0 Å². The molecule has 0 bridgehead atoms. The van der Waals surface area contributed by atoms with Gasteiger partial charge in [0.05, 0.1) is 0 Å². The summed E-state index contributed by atoms with van der Waals surface area (Å²) in [6.07, 6.45) is 24.6. The van der Waals surface area contributed by atoms with Crippen LogP contribution in [0.1, 0.15) is 106 Å². The van der Waals surface area contributed by atoms with E-state index in [1.165, 1.54) is 107 Å². The molecule has 2 aromatic rings. The Hall–Kier alpha value is -2.08. The summed E-state index contributed by atoms with van der Waals surface area (Å²) in [5.74, 6) is 4.52. The second kappa shape index (κ2) is 12.4. The highest BCUT2D eigenvalue weighted by atomic mass is 14.4. The largest absolute Gasteiger partial charge is 0.103 e. The second-order valence-electron chi connectivity index (χ2n) is 12.3. The molecule has 2 fully saturated rings. The van der Waals surface area contributed by atoms with Crippen LogP contribution >= 0.6 is 0 Å². The average Bonchev–Trinajstić information content (AvgIpc) is 2.95. The minimum absolute atomic E-state index is 0.761. The van der Waals surface area contributed by atoms with Crippen LogP contribution in [-0.4, -0.2) is 0 Å². The van der Waals surface area contributed by atoms with Gasteiger partial charge in [0, 0.05) is 0 Å². The van der Waals surface area contributed by atoms with Crippen LogP contribution in [0.4, 0.5) is 0 Å². The van der Waals surface area contributed by atoms with Gasteiger partial charge in [-0.2, -0.15) is 0 Å². The molecule has 1 atom stereocenters. The molecule has 0 saturated heterocycles. The molecule has 0 spiro atoms. The number of rotatable bonds is 9. The lowest BCUT2D eigenvalue weighted by atomic mass is 9.69. The standard InChI is InChI=1S/C36H48/c1-3-5-7-27-9-13-29(14-10-27)30-17-19-32(20-18-30)34-22-24-35-25-33(21-23-36(35)26-34)31-15-11-28(12-16-31)8-6-4-2/h3-4,17-20,22,24,26-29,31,33H,1-2,5-16,21,23,25H2. The molecule has 3 aliphatic rings. The van der Waals surface area contributed by atoms with Crippen LogP contribution in [0.2, 0.25) is 0 Å². The third kappa shape index (κ3) is 6.24. The third-order valence-corrected chi connectivity index (χ3v) is 10.2. The van der Waals surface area contributed by atoms with E-state index in [0.717, 1.165) is 29.6 Å². The van der Waals surface area contributed by atoms with Crippen molar-refractivity contribution in [2.75, 3.05) is 0 Å². The Morgan fingerprint density at radius 2 is 1.22 bits per heavy atom. The monoisotopic (exact) mass is 480 g/mol. The van der Waals surface area contributed by atoms with Crippen LogP contribution in [0.15, 0.2) is 67.8 Å². The lowest BCUT2D eigenvalue weighted by Crippen LogP contribution is -2.26. The highest BCUT2D eigenvalue weighted by Crippen LogP contribution is 2.42. The summed E-state index contributed by atoms with van der Waals surface area (Å²) in [6.45, 7) is 7.81. The molecule has 36 heavy (non-hydrogen) atoms. The summed E-state index contributed by atoms with van der Waals surface area (Å²) in [6, 6.07) is 17.0. The molecule has 2 aromatic carbocycles. The Bertz CT molecular complexity index is 979. The van der Waals surface area contributed by atoms with Crippen molar-refractivity contribution in [2.24, 2.45) is 23.7 Å². The zero-order chi connectivity index (χ0) is 24.7. The van der Waals surface area contributed by atoms with Crippen LogP contribution in [-0.2, 0) is 12.8 Å². The summed E-state index contributed by atoms with van der Waals surface area (Å²) in [5, 5.41) is 0. The van der Waals surface area contributed by atoms with Crippen molar-refractivity contribution in [3.63, 3.8) is 0 Å². The quantitative estimate of drug-likeness (QED) is 0.313. The second-order valence-corrected chi connectivity index (χ2v) is 12.3. The van der Waals surface area contributed by atoms with Gasteiger partial charge in [0.2, 0.25) is 0 Å². The molecule has 192 valence electrons. The SMILES string of the molecule is C=CCCC1CCC(c2ccc(-c3ccc4c(c3)CCC(C3CCC(CCC=C)CC3)C4)cc2)CC1. The zero-order valence-corrected chi connectivity index (χ0v) is 22.6. The molecule has 5 rings (SSSR count). The van der Waals surface area contributed by atoms with Gasteiger partial charge in [0.25, 0.3) is 0 Å². The molecule has 1 unspecified atom stereocenters. The lowest BCUT2D eigenvalue weighted by Gasteiger charge is -2.36. The van der Waals surface area contributed by atoms with E-state index >= 15 is 0 Å².